The van der Waals surface area contributed by atoms with Gasteiger partial charge in [0.05, 0.1) is 37.4 Å². The second kappa shape index (κ2) is 4.88. The molecular formula is C9H14N2O3. The third kappa shape index (κ3) is 2.93. The predicted molar refractivity (Wildman–Crippen MR) is 50.0 cm³/mol. The van der Waals surface area contributed by atoms with Gasteiger partial charge in [0.1, 0.15) is 0 Å². The summed E-state index contributed by atoms with van der Waals surface area (Å²) in [6.07, 6.45) is 1.71. The monoisotopic (exact) mass is 198 g/mol. The Balaban J connectivity index is 2.59. The zero-order chi connectivity index (χ0) is 10.6. The van der Waals surface area contributed by atoms with Crippen molar-refractivity contribution >= 4 is 0 Å². The Morgan fingerprint density at radius 3 is 2.50 bits per heavy atom. The fourth-order valence-electron chi connectivity index (χ4n) is 0.939. The van der Waals surface area contributed by atoms with Gasteiger partial charge in [-0.25, -0.2) is 4.98 Å². The van der Waals surface area contributed by atoms with Crippen LogP contribution in [0.5, 0.6) is 5.88 Å². The summed E-state index contributed by atoms with van der Waals surface area (Å²) in [5.41, 5.74) is 0.624. The zero-order valence-electron chi connectivity index (χ0n) is 8.21. The quantitative estimate of drug-likeness (QED) is 0.699. The highest BCUT2D eigenvalue weighted by molar-refractivity contribution is 5.07. The topological polar surface area (TPSA) is 75.5 Å². The van der Waals surface area contributed by atoms with Gasteiger partial charge in [-0.2, -0.15) is 0 Å². The summed E-state index contributed by atoms with van der Waals surface area (Å²) in [5.74, 6) is 0.431. The normalized spacial score (nSPS) is 14.9. The molecule has 0 saturated carbocycles. The number of aliphatic hydroxyl groups excluding tert-OH is 2. The molecule has 0 bridgehead atoms. The van der Waals surface area contributed by atoms with E-state index in [2.05, 4.69) is 9.97 Å². The van der Waals surface area contributed by atoms with Crippen LogP contribution in [0.4, 0.5) is 0 Å². The first-order valence-corrected chi connectivity index (χ1v) is 4.34. The van der Waals surface area contributed by atoms with E-state index in [0.29, 0.717) is 11.6 Å². The summed E-state index contributed by atoms with van der Waals surface area (Å²) in [6, 6.07) is 0. The maximum Gasteiger partial charge on any atom is 0.231 e. The van der Waals surface area contributed by atoms with Crippen LogP contribution in [0, 0.1) is 0 Å². The zero-order valence-corrected chi connectivity index (χ0v) is 8.21. The SMILES string of the molecule is COc1cnc(CC(O)C(C)O)cn1. The highest BCUT2D eigenvalue weighted by Crippen LogP contribution is 2.06. The number of hydrogen-bond donors (Lipinski definition) is 2. The van der Waals surface area contributed by atoms with Crippen LogP contribution in [0.25, 0.3) is 0 Å². The van der Waals surface area contributed by atoms with Crippen molar-refractivity contribution < 1.29 is 14.9 Å². The minimum atomic E-state index is -0.808. The first-order chi connectivity index (χ1) is 6.63. The summed E-state index contributed by atoms with van der Waals surface area (Å²) in [5, 5.41) is 18.4. The van der Waals surface area contributed by atoms with Crippen molar-refractivity contribution in [3.8, 4) is 5.88 Å². The number of methoxy groups -OCH3 is 1. The van der Waals surface area contributed by atoms with Crippen molar-refractivity contribution in [3.63, 3.8) is 0 Å². The second-order valence-electron chi connectivity index (χ2n) is 3.06. The standard InChI is InChI=1S/C9H14N2O3/c1-6(12)8(13)3-7-4-11-9(14-2)5-10-7/h4-6,8,12-13H,3H2,1-2H3. The number of hydrogen-bond acceptors (Lipinski definition) is 5. The van der Waals surface area contributed by atoms with Gasteiger partial charge in [0.15, 0.2) is 0 Å². The molecule has 0 aliphatic rings. The molecule has 0 aromatic carbocycles. The molecular weight excluding hydrogens is 184 g/mol. The Morgan fingerprint density at radius 2 is 2.07 bits per heavy atom. The average molecular weight is 198 g/mol. The highest BCUT2D eigenvalue weighted by atomic mass is 16.5. The summed E-state index contributed by atoms with van der Waals surface area (Å²) < 4.78 is 4.84. The third-order valence-corrected chi connectivity index (χ3v) is 1.87. The van der Waals surface area contributed by atoms with E-state index in [1.165, 1.54) is 26.4 Å². The van der Waals surface area contributed by atoms with Crippen LogP contribution in [0.2, 0.25) is 0 Å². The smallest absolute Gasteiger partial charge is 0.231 e. The van der Waals surface area contributed by atoms with E-state index in [9.17, 15) is 5.11 Å². The van der Waals surface area contributed by atoms with Crippen molar-refractivity contribution in [2.75, 3.05) is 7.11 Å². The van der Waals surface area contributed by atoms with Crippen molar-refractivity contribution in [1.82, 2.24) is 9.97 Å². The lowest BCUT2D eigenvalue weighted by Gasteiger charge is -2.12. The Morgan fingerprint density at radius 1 is 1.36 bits per heavy atom. The minimum Gasteiger partial charge on any atom is -0.480 e. The van der Waals surface area contributed by atoms with E-state index in [-0.39, 0.29) is 6.42 Å². The summed E-state index contributed by atoms with van der Waals surface area (Å²) in [4.78, 5) is 7.95. The molecule has 0 aliphatic heterocycles. The lowest BCUT2D eigenvalue weighted by Crippen LogP contribution is -2.25. The van der Waals surface area contributed by atoms with Crippen molar-refractivity contribution in [2.45, 2.75) is 25.6 Å². The van der Waals surface area contributed by atoms with E-state index >= 15 is 0 Å². The van der Waals surface area contributed by atoms with Crippen LogP contribution in [-0.2, 0) is 6.42 Å². The third-order valence-electron chi connectivity index (χ3n) is 1.87. The molecule has 0 fully saturated rings. The Hall–Kier alpha value is -1.20. The molecule has 0 aliphatic carbocycles. The summed E-state index contributed by atoms with van der Waals surface area (Å²) in [6.45, 7) is 1.53. The fourth-order valence-corrected chi connectivity index (χ4v) is 0.939. The summed E-state index contributed by atoms with van der Waals surface area (Å²) in [7, 11) is 1.51. The van der Waals surface area contributed by atoms with Gasteiger partial charge in [-0.1, -0.05) is 0 Å². The molecule has 1 aromatic rings. The number of rotatable bonds is 4. The predicted octanol–water partition coefficient (Wildman–Crippen LogP) is -0.231. The molecule has 1 rings (SSSR count). The molecule has 0 spiro atoms. The lowest BCUT2D eigenvalue weighted by atomic mass is 10.1. The van der Waals surface area contributed by atoms with Crippen LogP contribution in [0.1, 0.15) is 12.6 Å². The number of ether oxygens (including phenoxy) is 1. The van der Waals surface area contributed by atoms with Crippen LogP contribution in [0.15, 0.2) is 12.4 Å². The van der Waals surface area contributed by atoms with Crippen LogP contribution >= 0.6 is 0 Å². The highest BCUT2D eigenvalue weighted by Gasteiger charge is 2.12. The van der Waals surface area contributed by atoms with E-state index in [1.54, 1.807) is 0 Å². The molecule has 1 aromatic heterocycles. The van der Waals surface area contributed by atoms with Gasteiger partial charge < -0.3 is 14.9 Å². The molecule has 5 nitrogen and oxygen atoms in total. The number of nitrogens with zero attached hydrogens (tertiary/aromatic N) is 2. The first-order valence-electron chi connectivity index (χ1n) is 4.34. The van der Waals surface area contributed by atoms with E-state index in [1.807, 2.05) is 0 Å². The van der Waals surface area contributed by atoms with E-state index in [0.717, 1.165) is 0 Å². The van der Waals surface area contributed by atoms with Gasteiger partial charge in [0, 0.05) is 6.42 Å². The van der Waals surface area contributed by atoms with Crippen molar-refractivity contribution in [2.24, 2.45) is 0 Å². The van der Waals surface area contributed by atoms with E-state index in [4.69, 9.17) is 9.84 Å². The molecule has 0 radical (unpaired) electrons. The second-order valence-corrected chi connectivity index (χ2v) is 3.06. The van der Waals surface area contributed by atoms with Gasteiger partial charge in [0.2, 0.25) is 5.88 Å². The molecule has 5 heteroatoms. The van der Waals surface area contributed by atoms with Gasteiger partial charge >= 0.3 is 0 Å². The lowest BCUT2D eigenvalue weighted by molar-refractivity contribution is 0.0313. The van der Waals surface area contributed by atoms with Gasteiger partial charge in [-0.3, -0.25) is 4.98 Å². The molecule has 0 saturated heterocycles. The molecule has 0 amide bonds. The Bertz CT molecular complexity index is 274. The van der Waals surface area contributed by atoms with Gasteiger partial charge in [-0.15, -0.1) is 0 Å². The molecule has 1 heterocycles. The molecule has 2 N–H and O–H groups in total. The maximum absolute atomic E-state index is 9.36. The van der Waals surface area contributed by atoms with E-state index < -0.39 is 12.2 Å². The van der Waals surface area contributed by atoms with Crippen molar-refractivity contribution in [1.29, 1.82) is 0 Å². The Kier molecular flexibility index (Phi) is 3.79. The first kappa shape index (κ1) is 10.9. The Labute approximate surface area is 82.4 Å². The molecule has 2 unspecified atom stereocenters. The number of aliphatic hydroxyl groups is 2. The fraction of sp³-hybridized carbons (Fsp3) is 0.556. The average Bonchev–Trinajstić information content (AvgIpc) is 2.19. The molecule has 14 heavy (non-hydrogen) atoms. The summed E-state index contributed by atoms with van der Waals surface area (Å²) >= 11 is 0. The van der Waals surface area contributed by atoms with Gasteiger partial charge in [0.25, 0.3) is 0 Å². The largest absolute Gasteiger partial charge is 0.480 e. The molecule has 2 atom stereocenters. The van der Waals surface area contributed by atoms with Crippen LogP contribution in [0.3, 0.4) is 0 Å². The van der Waals surface area contributed by atoms with Crippen LogP contribution in [-0.4, -0.2) is 39.5 Å². The maximum atomic E-state index is 9.36. The van der Waals surface area contributed by atoms with Crippen LogP contribution < -0.4 is 4.74 Å². The molecule has 78 valence electrons. The minimum absolute atomic E-state index is 0.286. The number of aromatic nitrogens is 2. The van der Waals surface area contributed by atoms with Gasteiger partial charge in [-0.05, 0) is 6.92 Å². The van der Waals surface area contributed by atoms with Crippen molar-refractivity contribution in [3.05, 3.63) is 18.1 Å².